The second-order valence-corrected chi connectivity index (χ2v) is 16.2. The van der Waals surface area contributed by atoms with E-state index in [9.17, 15) is 0 Å². The van der Waals surface area contributed by atoms with E-state index in [1.807, 2.05) is 6.07 Å². The zero-order valence-corrected chi connectivity index (χ0v) is 33.6. The molecule has 9 aromatic rings. The molecule has 2 heterocycles. The van der Waals surface area contributed by atoms with Crippen molar-refractivity contribution in [1.29, 1.82) is 0 Å². The van der Waals surface area contributed by atoms with Gasteiger partial charge < -0.3 is 4.57 Å². The lowest BCUT2D eigenvalue weighted by molar-refractivity contribution is 0.661. The molecule has 0 spiro atoms. The van der Waals surface area contributed by atoms with Crippen LogP contribution in [0.2, 0.25) is 0 Å². The SMILES string of the molecule is Bc1c(B)c(B)c(-c2nc(-c3ccc(-n4c5ccccc5c5cc6c(cc54)-c4ccccc4C6(C)C)cc3)nc(-c3cccc(-c4ccccc4)c3)n2)c(B)c1B. The van der Waals surface area contributed by atoms with Crippen LogP contribution in [0.1, 0.15) is 25.0 Å². The highest BCUT2D eigenvalue weighted by Crippen LogP contribution is 2.51. The summed E-state index contributed by atoms with van der Waals surface area (Å²) in [6.07, 6.45) is 0. The van der Waals surface area contributed by atoms with Crippen LogP contribution in [-0.2, 0) is 5.41 Å². The molecule has 9 heteroatoms. The van der Waals surface area contributed by atoms with E-state index in [2.05, 4.69) is 191 Å². The number of fused-ring (bicyclic) bond motifs is 6. The number of rotatable bonds is 5. The molecule has 0 atom stereocenters. The molecule has 0 amide bonds. The highest BCUT2D eigenvalue weighted by molar-refractivity contribution is 6.68. The zero-order chi connectivity index (χ0) is 39.2. The maximum absolute atomic E-state index is 5.25. The first-order valence-electron chi connectivity index (χ1n) is 19.9. The Hall–Kier alpha value is -6.33. The van der Waals surface area contributed by atoms with Crippen molar-refractivity contribution < 1.29 is 0 Å². The average molecular weight is 726 g/mol. The fourth-order valence-corrected chi connectivity index (χ4v) is 9.25. The minimum Gasteiger partial charge on any atom is -0.309 e. The molecule has 0 bridgehead atoms. The topological polar surface area (TPSA) is 43.6 Å². The first-order chi connectivity index (χ1) is 27.6. The number of hydrogen-bond donors (Lipinski definition) is 0. The normalized spacial score (nSPS) is 12.9. The largest absolute Gasteiger partial charge is 0.309 e. The average Bonchev–Trinajstić information content (AvgIpc) is 3.69. The molecule has 0 N–H and O–H groups in total. The summed E-state index contributed by atoms with van der Waals surface area (Å²) >= 11 is 0. The maximum atomic E-state index is 5.25. The van der Waals surface area contributed by atoms with Gasteiger partial charge in [-0.05, 0) is 81.9 Å². The van der Waals surface area contributed by atoms with Crippen LogP contribution in [0.4, 0.5) is 0 Å². The van der Waals surface area contributed by atoms with Gasteiger partial charge in [-0.2, -0.15) is 0 Å². The minimum absolute atomic E-state index is 0.0663. The lowest BCUT2D eigenvalue weighted by atomic mass is 9.60. The van der Waals surface area contributed by atoms with Gasteiger partial charge in [-0.1, -0.05) is 116 Å². The summed E-state index contributed by atoms with van der Waals surface area (Å²) < 4.78 is 2.41. The summed E-state index contributed by atoms with van der Waals surface area (Å²) in [5.41, 5.74) is 20.4. The predicted octanol–water partition coefficient (Wildman–Crippen LogP) is 3.24. The van der Waals surface area contributed by atoms with Gasteiger partial charge in [0, 0.05) is 38.6 Å². The van der Waals surface area contributed by atoms with Gasteiger partial charge in [-0.15, -0.1) is 16.4 Å². The van der Waals surface area contributed by atoms with Gasteiger partial charge in [-0.3, -0.25) is 0 Å². The second-order valence-electron chi connectivity index (χ2n) is 16.2. The highest BCUT2D eigenvalue weighted by Gasteiger charge is 2.36. The van der Waals surface area contributed by atoms with Crippen LogP contribution < -0.4 is 27.3 Å². The molecule has 1 aliphatic carbocycles. The third kappa shape index (κ3) is 5.47. The lowest BCUT2D eigenvalue weighted by Crippen LogP contribution is -2.55. The van der Waals surface area contributed by atoms with Crippen molar-refractivity contribution in [2.75, 3.05) is 0 Å². The van der Waals surface area contributed by atoms with Crippen LogP contribution in [0.15, 0.2) is 140 Å². The fourth-order valence-electron chi connectivity index (χ4n) is 9.25. The molecule has 0 radical (unpaired) electrons. The van der Waals surface area contributed by atoms with Gasteiger partial charge in [-0.25, -0.2) is 15.0 Å². The summed E-state index contributed by atoms with van der Waals surface area (Å²) in [5, 5.41) is 2.53. The molecular formula is C48H39B5N4. The Morgan fingerprint density at radius 3 is 1.77 bits per heavy atom. The van der Waals surface area contributed by atoms with Crippen LogP contribution in [0.3, 0.4) is 0 Å². The summed E-state index contributed by atoms with van der Waals surface area (Å²) in [6.45, 7) is 4.70. The maximum Gasteiger partial charge on any atom is 0.164 e. The summed E-state index contributed by atoms with van der Waals surface area (Å²) in [4.78, 5) is 15.7. The third-order valence-corrected chi connectivity index (χ3v) is 12.8. The fraction of sp³-hybridized carbons (Fsp3) is 0.0625. The number of aromatic nitrogens is 4. The Morgan fingerprint density at radius 1 is 0.421 bits per heavy atom. The van der Waals surface area contributed by atoms with Gasteiger partial charge in [0.15, 0.2) is 17.5 Å². The van der Waals surface area contributed by atoms with Crippen LogP contribution in [0, 0.1) is 0 Å². The van der Waals surface area contributed by atoms with E-state index in [0.29, 0.717) is 17.5 Å². The molecule has 0 fully saturated rings. The van der Waals surface area contributed by atoms with E-state index in [1.54, 1.807) is 0 Å². The number of hydrogen-bond acceptors (Lipinski definition) is 3. The molecule has 0 saturated heterocycles. The predicted molar refractivity (Wildman–Crippen MR) is 254 cm³/mol. The van der Waals surface area contributed by atoms with Crippen LogP contribution in [0.5, 0.6) is 0 Å². The van der Waals surface area contributed by atoms with Gasteiger partial charge in [0.1, 0.15) is 39.2 Å². The van der Waals surface area contributed by atoms with Crippen molar-refractivity contribution in [3.63, 3.8) is 0 Å². The van der Waals surface area contributed by atoms with Crippen molar-refractivity contribution in [3.8, 4) is 62.1 Å². The van der Waals surface area contributed by atoms with Crippen molar-refractivity contribution in [3.05, 3.63) is 151 Å². The van der Waals surface area contributed by atoms with E-state index >= 15 is 0 Å². The lowest BCUT2D eigenvalue weighted by Gasteiger charge is -2.21. The molecule has 0 aliphatic heterocycles. The smallest absolute Gasteiger partial charge is 0.164 e. The van der Waals surface area contributed by atoms with Gasteiger partial charge in [0.25, 0.3) is 0 Å². The molecule has 2 aromatic heterocycles. The molecule has 1 aliphatic rings. The molecular weight excluding hydrogens is 687 g/mol. The van der Waals surface area contributed by atoms with E-state index in [-0.39, 0.29) is 5.41 Å². The first-order valence-corrected chi connectivity index (χ1v) is 19.9. The van der Waals surface area contributed by atoms with E-state index in [1.165, 1.54) is 71.4 Å². The van der Waals surface area contributed by atoms with E-state index in [0.717, 1.165) is 33.5 Å². The second kappa shape index (κ2) is 13.1. The Bertz CT molecular complexity index is 3070. The molecule has 0 unspecified atom stereocenters. The number of para-hydroxylation sites is 1. The Balaban J connectivity index is 1.14. The molecule has 57 heavy (non-hydrogen) atoms. The van der Waals surface area contributed by atoms with E-state index in [4.69, 9.17) is 15.0 Å². The highest BCUT2D eigenvalue weighted by atomic mass is 15.0. The quantitative estimate of drug-likeness (QED) is 0.256. The Morgan fingerprint density at radius 2 is 1.02 bits per heavy atom. The first kappa shape index (κ1) is 35.1. The molecule has 4 nitrogen and oxygen atoms in total. The summed E-state index contributed by atoms with van der Waals surface area (Å²) in [5.74, 6) is 2.01. The van der Waals surface area contributed by atoms with Crippen molar-refractivity contribution >= 4 is 88.4 Å². The zero-order valence-electron chi connectivity index (χ0n) is 33.6. The number of benzene rings is 7. The molecule has 266 valence electrons. The van der Waals surface area contributed by atoms with Crippen molar-refractivity contribution in [2.45, 2.75) is 19.3 Å². The Labute approximate surface area is 338 Å². The van der Waals surface area contributed by atoms with Gasteiger partial charge in [0.05, 0.1) is 11.0 Å². The van der Waals surface area contributed by atoms with Crippen LogP contribution >= 0.6 is 0 Å². The molecule has 0 saturated carbocycles. The van der Waals surface area contributed by atoms with Gasteiger partial charge in [0.2, 0.25) is 0 Å². The standard InChI is InChI=1S/C48H39B5N4/c1-48(2)35-17-8-6-15-31(35)33-25-38-34(24-36(33)48)32-16-7-9-18-37(32)57(38)30-21-19-27(20-22-30)45-54-46(29-14-10-13-28(23-29)26-11-4-3-5-12-26)56-47(55-45)39-40(49)42(51)44(53)43(52)41(39)50/h3-25H,49-53H2,1-2H3. The van der Waals surface area contributed by atoms with Crippen LogP contribution in [0.25, 0.3) is 83.9 Å². The Kier molecular flexibility index (Phi) is 8.09. The summed E-state index contributed by atoms with van der Waals surface area (Å²) in [6, 6.07) is 50.2. The number of nitrogens with zero attached hydrogens (tertiary/aromatic N) is 4. The molecule has 10 rings (SSSR count). The van der Waals surface area contributed by atoms with Crippen molar-refractivity contribution in [2.24, 2.45) is 0 Å². The minimum atomic E-state index is -0.0663. The molecule has 7 aromatic carbocycles. The van der Waals surface area contributed by atoms with E-state index < -0.39 is 0 Å². The van der Waals surface area contributed by atoms with Crippen LogP contribution in [-0.4, -0.2) is 58.8 Å². The monoisotopic (exact) mass is 726 g/mol. The third-order valence-electron chi connectivity index (χ3n) is 12.8. The van der Waals surface area contributed by atoms with Gasteiger partial charge >= 0.3 is 0 Å². The summed E-state index contributed by atoms with van der Waals surface area (Å²) in [7, 11) is 11.0. The van der Waals surface area contributed by atoms with Crippen molar-refractivity contribution in [1.82, 2.24) is 19.5 Å².